The fourth-order valence-electron chi connectivity index (χ4n) is 0.772. The third kappa shape index (κ3) is 1.90. The molecular formula is C6H12S2. The number of hydrogen-bond acceptors (Lipinski definition) is 2. The van der Waals surface area contributed by atoms with Crippen molar-refractivity contribution < 1.29 is 0 Å². The molecule has 0 aromatic rings. The summed E-state index contributed by atoms with van der Waals surface area (Å²) in [4.78, 5) is 0. The summed E-state index contributed by atoms with van der Waals surface area (Å²) in [6, 6.07) is 0. The van der Waals surface area contributed by atoms with E-state index in [2.05, 4.69) is 30.4 Å². The Morgan fingerprint density at radius 3 is 2.75 bits per heavy atom. The van der Waals surface area contributed by atoms with E-state index in [0.717, 1.165) is 5.25 Å². The summed E-state index contributed by atoms with van der Waals surface area (Å²) < 4.78 is 0. The third-order valence-corrected chi connectivity index (χ3v) is 4.35. The Bertz CT molecular complexity index is 57.5. The van der Waals surface area contributed by atoms with Gasteiger partial charge < -0.3 is 0 Å². The predicted octanol–water partition coefficient (Wildman–Crippen LogP) is 2.25. The maximum absolute atomic E-state index is 2.28. The van der Waals surface area contributed by atoms with Crippen LogP contribution in [0.3, 0.4) is 0 Å². The molecule has 8 heavy (non-hydrogen) atoms. The Morgan fingerprint density at radius 1 is 1.50 bits per heavy atom. The van der Waals surface area contributed by atoms with Gasteiger partial charge in [0.2, 0.25) is 0 Å². The van der Waals surface area contributed by atoms with Crippen molar-refractivity contribution in [2.75, 3.05) is 17.3 Å². The van der Waals surface area contributed by atoms with Gasteiger partial charge >= 0.3 is 0 Å². The first-order chi connectivity index (χ1) is 3.93. The Hall–Kier alpha value is 0.700. The minimum Gasteiger partial charge on any atom is -0.160 e. The second-order valence-corrected chi connectivity index (χ2v) is 4.53. The Morgan fingerprint density at radius 2 is 2.38 bits per heavy atom. The molecule has 1 aliphatic heterocycles. The quantitative estimate of drug-likeness (QED) is 0.559. The van der Waals surface area contributed by atoms with Crippen molar-refractivity contribution in [2.45, 2.75) is 18.6 Å². The number of hydrogen-bond donors (Lipinski definition) is 0. The summed E-state index contributed by atoms with van der Waals surface area (Å²) in [5, 5.41) is 0.966. The first kappa shape index (κ1) is 6.81. The van der Waals surface area contributed by atoms with E-state index in [-0.39, 0.29) is 0 Å². The van der Waals surface area contributed by atoms with E-state index >= 15 is 0 Å². The highest BCUT2D eigenvalue weighted by Gasteiger charge is 2.10. The fourth-order valence-corrected chi connectivity index (χ4v) is 3.54. The van der Waals surface area contributed by atoms with Crippen LogP contribution in [-0.2, 0) is 0 Å². The average molecular weight is 148 g/mol. The van der Waals surface area contributed by atoms with Crippen molar-refractivity contribution in [1.82, 2.24) is 0 Å². The second kappa shape index (κ2) is 3.67. The summed E-state index contributed by atoms with van der Waals surface area (Å²) >= 11 is 4.25. The molecule has 1 fully saturated rings. The molecule has 1 aliphatic rings. The lowest BCUT2D eigenvalue weighted by Crippen LogP contribution is -2.11. The Balaban J connectivity index is 2.13. The van der Waals surface area contributed by atoms with Crippen LogP contribution in [0.5, 0.6) is 0 Å². The SMILES string of the molecule is CCC1CSCCS1. The van der Waals surface area contributed by atoms with Crippen LogP contribution in [0.2, 0.25) is 0 Å². The molecular weight excluding hydrogens is 136 g/mol. The van der Waals surface area contributed by atoms with Crippen molar-refractivity contribution in [2.24, 2.45) is 0 Å². The van der Waals surface area contributed by atoms with Crippen LogP contribution in [-0.4, -0.2) is 22.5 Å². The normalized spacial score (nSPS) is 30.4. The van der Waals surface area contributed by atoms with Crippen LogP contribution in [0.15, 0.2) is 0 Å². The minimum absolute atomic E-state index is 0.966. The molecule has 1 rings (SSSR count). The first-order valence-electron chi connectivity index (χ1n) is 3.13. The molecule has 0 amide bonds. The lowest BCUT2D eigenvalue weighted by atomic mass is 10.4. The van der Waals surface area contributed by atoms with Gasteiger partial charge in [0.05, 0.1) is 0 Å². The van der Waals surface area contributed by atoms with Crippen molar-refractivity contribution in [3.8, 4) is 0 Å². The highest BCUT2D eigenvalue weighted by molar-refractivity contribution is 8.06. The number of rotatable bonds is 1. The zero-order valence-electron chi connectivity index (χ0n) is 5.22. The topological polar surface area (TPSA) is 0 Å². The maximum atomic E-state index is 2.28. The largest absolute Gasteiger partial charge is 0.160 e. The summed E-state index contributed by atoms with van der Waals surface area (Å²) in [6.45, 7) is 2.28. The molecule has 0 nitrogen and oxygen atoms in total. The molecule has 0 N–H and O–H groups in total. The lowest BCUT2D eigenvalue weighted by molar-refractivity contribution is 0.912. The van der Waals surface area contributed by atoms with Gasteiger partial charge in [-0.2, -0.15) is 23.5 Å². The van der Waals surface area contributed by atoms with E-state index in [4.69, 9.17) is 0 Å². The van der Waals surface area contributed by atoms with Crippen molar-refractivity contribution in [3.05, 3.63) is 0 Å². The molecule has 0 aromatic heterocycles. The van der Waals surface area contributed by atoms with Gasteiger partial charge in [-0.1, -0.05) is 6.92 Å². The second-order valence-electron chi connectivity index (χ2n) is 1.98. The van der Waals surface area contributed by atoms with Gasteiger partial charge in [-0.15, -0.1) is 0 Å². The van der Waals surface area contributed by atoms with E-state index < -0.39 is 0 Å². The van der Waals surface area contributed by atoms with Gasteiger partial charge in [0.1, 0.15) is 0 Å². The van der Waals surface area contributed by atoms with Crippen molar-refractivity contribution >= 4 is 23.5 Å². The van der Waals surface area contributed by atoms with Crippen LogP contribution in [0.4, 0.5) is 0 Å². The molecule has 0 aliphatic carbocycles. The monoisotopic (exact) mass is 148 g/mol. The van der Waals surface area contributed by atoms with E-state index in [9.17, 15) is 0 Å². The van der Waals surface area contributed by atoms with Gasteiger partial charge in [-0.05, 0) is 6.42 Å². The molecule has 0 aromatic carbocycles. The van der Waals surface area contributed by atoms with Crippen molar-refractivity contribution in [1.29, 1.82) is 0 Å². The smallest absolute Gasteiger partial charge is 0.0135 e. The van der Waals surface area contributed by atoms with Crippen LogP contribution < -0.4 is 0 Å². The molecule has 48 valence electrons. The molecule has 1 unspecified atom stereocenters. The van der Waals surface area contributed by atoms with Crippen LogP contribution in [0, 0.1) is 0 Å². The summed E-state index contributed by atoms with van der Waals surface area (Å²) in [5.41, 5.74) is 0. The third-order valence-electron chi connectivity index (χ3n) is 1.34. The van der Waals surface area contributed by atoms with E-state index in [1.807, 2.05) is 0 Å². The molecule has 0 saturated carbocycles. The highest BCUT2D eigenvalue weighted by Crippen LogP contribution is 2.25. The van der Waals surface area contributed by atoms with Crippen molar-refractivity contribution in [3.63, 3.8) is 0 Å². The van der Waals surface area contributed by atoms with Crippen LogP contribution in [0.1, 0.15) is 13.3 Å². The molecule has 1 saturated heterocycles. The van der Waals surface area contributed by atoms with E-state index in [1.165, 1.54) is 23.7 Å². The molecule has 1 heterocycles. The molecule has 2 heteroatoms. The predicted molar refractivity (Wildman–Crippen MR) is 43.9 cm³/mol. The highest BCUT2D eigenvalue weighted by atomic mass is 32.2. The van der Waals surface area contributed by atoms with Crippen LogP contribution in [0.25, 0.3) is 0 Å². The standard InChI is InChI=1S/C6H12S2/c1-2-6-5-7-3-4-8-6/h6H,2-5H2,1H3. The van der Waals surface area contributed by atoms with E-state index in [0.29, 0.717) is 0 Å². The molecule has 1 atom stereocenters. The minimum atomic E-state index is 0.966. The first-order valence-corrected chi connectivity index (χ1v) is 5.33. The zero-order chi connectivity index (χ0) is 5.82. The van der Waals surface area contributed by atoms with E-state index in [1.54, 1.807) is 0 Å². The van der Waals surface area contributed by atoms with Crippen LogP contribution >= 0.6 is 23.5 Å². The summed E-state index contributed by atoms with van der Waals surface area (Å²) in [6.07, 6.45) is 1.36. The zero-order valence-corrected chi connectivity index (χ0v) is 6.86. The molecule has 0 radical (unpaired) electrons. The summed E-state index contributed by atoms with van der Waals surface area (Å²) in [5.74, 6) is 4.14. The average Bonchev–Trinajstić information content (AvgIpc) is 1.90. The van der Waals surface area contributed by atoms with Gasteiger partial charge in [0.25, 0.3) is 0 Å². The van der Waals surface area contributed by atoms with Gasteiger partial charge in [0.15, 0.2) is 0 Å². The molecule has 0 spiro atoms. The Labute approximate surface area is 59.8 Å². The Kier molecular flexibility index (Phi) is 3.13. The van der Waals surface area contributed by atoms with Gasteiger partial charge in [-0.3, -0.25) is 0 Å². The van der Waals surface area contributed by atoms with Gasteiger partial charge in [0, 0.05) is 22.5 Å². The summed E-state index contributed by atoms with van der Waals surface area (Å²) in [7, 11) is 0. The fraction of sp³-hybridized carbons (Fsp3) is 1.00. The maximum Gasteiger partial charge on any atom is 0.0135 e. The van der Waals surface area contributed by atoms with Gasteiger partial charge in [-0.25, -0.2) is 0 Å². The molecule has 0 bridgehead atoms. The lowest BCUT2D eigenvalue weighted by Gasteiger charge is -2.18. The number of thioether (sulfide) groups is 2.